The van der Waals surface area contributed by atoms with Gasteiger partial charge in [-0.05, 0) is 73.3 Å². The number of nitrogens with zero attached hydrogens (tertiary/aromatic N) is 4. The van der Waals surface area contributed by atoms with E-state index < -0.39 is 29.9 Å². The van der Waals surface area contributed by atoms with E-state index in [1.807, 2.05) is 66.0 Å². The highest BCUT2D eigenvalue weighted by Gasteiger charge is 2.24. The lowest BCUT2D eigenvalue weighted by Crippen LogP contribution is -2.39. The van der Waals surface area contributed by atoms with Crippen LogP contribution in [0.4, 0.5) is 0 Å². The number of rotatable bonds is 10. The number of oxime groups is 2. The number of thiophene rings is 1. The molecule has 0 aliphatic heterocycles. The smallest absolute Gasteiger partial charge is 0.331 e. The molecular weight excluding hydrogens is 660 g/mol. The molecular formula is C37H34N4O8S. The van der Waals surface area contributed by atoms with Gasteiger partial charge in [-0.15, -0.1) is 11.3 Å². The Morgan fingerprint density at radius 3 is 1.88 bits per heavy atom. The second kappa shape index (κ2) is 15.1. The molecule has 0 saturated heterocycles. The van der Waals surface area contributed by atoms with Crippen LogP contribution in [0.2, 0.25) is 0 Å². The summed E-state index contributed by atoms with van der Waals surface area (Å²) in [5.74, 6) is -2.40. The van der Waals surface area contributed by atoms with Crippen molar-refractivity contribution in [2.45, 2.75) is 54.0 Å². The molecule has 5 aromatic rings. The second-order valence-corrected chi connectivity index (χ2v) is 12.5. The van der Waals surface area contributed by atoms with E-state index in [1.165, 1.54) is 39.0 Å². The highest BCUT2D eigenvalue weighted by atomic mass is 32.1. The minimum Gasteiger partial charge on any atom is -0.338 e. The van der Waals surface area contributed by atoms with Crippen LogP contribution in [0.3, 0.4) is 0 Å². The summed E-state index contributed by atoms with van der Waals surface area (Å²) in [6.07, 6.45) is 0.0715. The number of hydrogen-bond acceptors (Lipinski definition) is 11. The number of hydroxylamine groups is 2. The van der Waals surface area contributed by atoms with E-state index in [4.69, 9.17) is 14.5 Å². The molecule has 256 valence electrons. The van der Waals surface area contributed by atoms with E-state index in [-0.39, 0.29) is 12.2 Å². The molecule has 1 unspecified atom stereocenters. The number of amides is 1. The molecule has 5 rings (SSSR count). The van der Waals surface area contributed by atoms with Gasteiger partial charge in [0.25, 0.3) is 5.91 Å². The van der Waals surface area contributed by atoms with Gasteiger partial charge in [0.15, 0.2) is 0 Å². The van der Waals surface area contributed by atoms with Gasteiger partial charge in [0.05, 0.1) is 33.4 Å². The van der Waals surface area contributed by atoms with E-state index in [1.54, 1.807) is 26.0 Å². The van der Waals surface area contributed by atoms with Crippen LogP contribution in [0.5, 0.6) is 0 Å². The summed E-state index contributed by atoms with van der Waals surface area (Å²) < 4.78 is 2.06. The third-order valence-electron chi connectivity index (χ3n) is 7.67. The van der Waals surface area contributed by atoms with Gasteiger partial charge < -0.3 is 19.1 Å². The molecule has 0 N–H and O–H groups in total. The molecule has 13 heteroatoms. The lowest BCUT2D eigenvalue weighted by atomic mass is 10.00. The lowest BCUT2D eigenvalue weighted by Gasteiger charge is -2.26. The van der Waals surface area contributed by atoms with Crippen LogP contribution in [0, 0.1) is 0 Å². The number of aromatic nitrogens is 1. The van der Waals surface area contributed by atoms with Crippen molar-refractivity contribution in [2.24, 2.45) is 10.3 Å². The molecule has 0 aliphatic carbocycles. The highest BCUT2D eigenvalue weighted by Crippen LogP contribution is 2.35. The van der Waals surface area contributed by atoms with Gasteiger partial charge >= 0.3 is 17.9 Å². The topological polar surface area (TPSA) is 146 Å². The van der Waals surface area contributed by atoms with Crippen molar-refractivity contribution in [2.75, 3.05) is 0 Å². The summed E-state index contributed by atoms with van der Waals surface area (Å²) in [6.45, 7) is 8.40. The number of hydrogen-bond donors (Lipinski definition) is 0. The normalized spacial score (nSPS) is 12.4. The van der Waals surface area contributed by atoms with Crippen molar-refractivity contribution in [1.29, 1.82) is 0 Å². The molecule has 2 heterocycles. The van der Waals surface area contributed by atoms with E-state index in [0.717, 1.165) is 38.1 Å². The fraction of sp³-hybridized carbons (Fsp3) is 0.216. The van der Waals surface area contributed by atoms with Crippen molar-refractivity contribution in [3.8, 4) is 5.69 Å². The first-order valence-corrected chi connectivity index (χ1v) is 16.4. The molecule has 12 nitrogen and oxygen atoms in total. The van der Waals surface area contributed by atoms with Gasteiger partial charge in [-0.1, -0.05) is 34.6 Å². The minimum absolute atomic E-state index is 0.0715. The molecule has 3 aromatic carbocycles. The summed E-state index contributed by atoms with van der Waals surface area (Å²) in [5.41, 5.74) is 5.16. The van der Waals surface area contributed by atoms with Crippen molar-refractivity contribution in [3.63, 3.8) is 0 Å². The first kappa shape index (κ1) is 35.4. The molecule has 0 spiro atoms. The molecule has 0 radical (unpaired) electrons. The zero-order chi connectivity index (χ0) is 36.1. The van der Waals surface area contributed by atoms with Crippen LogP contribution in [0.25, 0.3) is 27.5 Å². The lowest BCUT2D eigenvalue weighted by molar-refractivity contribution is -0.202. The molecule has 0 fully saturated rings. The van der Waals surface area contributed by atoms with Crippen LogP contribution in [-0.4, -0.2) is 56.7 Å². The Hall–Kier alpha value is -5.95. The number of carbonyl (C=O) groups is 5. The Morgan fingerprint density at radius 1 is 0.740 bits per heavy atom. The van der Waals surface area contributed by atoms with Crippen molar-refractivity contribution < 1.29 is 38.5 Å². The fourth-order valence-electron chi connectivity index (χ4n) is 5.50. The Kier molecular flexibility index (Phi) is 10.7. The maximum absolute atomic E-state index is 13.4. The zero-order valence-corrected chi connectivity index (χ0v) is 29.1. The molecule has 1 atom stereocenters. The first-order valence-electron chi connectivity index (χ1n) is 15.6. The van der Waals surface area contributed by atoms with Gasteiger partial charge in [-0.25, -0.2) is 9.59 Å². The second-order valence-electron chi connectivity index (χ2n) is 11.5. The largest absolute Gasteiger partial charge is 0.338 e. The number of fused-ring (bicyclic) bond motifs is 3. The summed E-state index contributed by atoms with van der Waals surface area (Å²) >= 11 is 1.36. The van der Waals surface area contributed by atoms with Crippen molar-refractivity contribution in [1.82, 2.24) is 9.63 Å². The van der Waals surface area contributed by atoms with Gasteiger partial charge in [-0.3, -0.25) is 14.4 Å². The van der Waals surface area contributed by atoms with Crippen LogP contribution >= 0.6 is 11.3 Å². The molecule has 50 heavy (non-hydrogen) atoms. The summed E-state index contributed by atoms with van der Waals surface area (Å²) in [5, 5.41) is 12.4. The third kappa shape index (κ3) is 7.84. The average molecular weight is 695 g/mol. The van der Waals surface area contributed by atoms with Gasteiger partial charge in [-0.2, -0.15) is 5.06 Å². The first-order chi connectivity index (χ1) is 23.8. The number of carbonyl (C=O) groups excluding carboxylic acids is 5. The highest BCUT2D eigenvalue weighted by molar-refractivity contribution is 7.12. The number of benzene rings is 3. The van der Waals surface area contributed by atoms with E-state index in [9.17, 15) is 24.0 Å². The maximum atomic E-state index is 13.4. The van der Waals surface area contributed by atoms with Gasteiger partial charge in [0, 0.05) is 61.7 Å². The Bertz CT molecular complexity index is 2180. The van der Waals surface area contributed by atoms with E-state index in [0.29, 0.717) is 27.4 Å². The Labute approximate surface area is 291 Å². The van der Waals surface area contributed by atoms with E-state index >= 15 is 0 Å². The van der Waals surface area contributed by atoms with Gasteiger partial charge in [0.1, 0.15) is 0 Å². The SMILES string of the molecule is CC(=O)ON=C(C)c1ccc(-n2c3ccc(C(=O)c4cccs4)cc3c3cc(C(CC(C)N(OC(C)=O)C(C)=O)=NOC(C)=O)ccc32)cc1. The zero-order valence-electron chi connectivity index (χ0n) is 28.3. The van der Waals surface area contributed by atoms with E-state index in [2.05, 4.69) is 14.9 Å². The predicted octanol–water partition coefficient (Wildman–Crippen LogP) is 6.74. The Balaban J connectivity index is 1.67. The molecule has 0 aliphatic rings. The fourth-order valence-corrected chi connectivity index (χ4v) is 6.19. The van der Waals surface area contributed by atoms with Crippen LogP contribution in [-0.2, 0) is 33.7 Å². The van der Waals surface area contributed by atoms with Crippen LogP contribution < -0.4 is 0 Å². The predicted molar refractivity (Wildman–Crippen MR) is 189 cm³/mol. The summed E-state index contributed by atoms with van der Waals surface area (Å²) in [7, 11) is 0. The minimum atomic E-state index is -0.663. The van der Waals surface area contributed by atoms with Gasteiger partial charge in [0.2, 0.25) is 5.78 Å². The number of ketones is 1. The standard InChI is InChI=1S/C37H34N4O8S/c1-21(41(23(3)42)49-26(6)45)18-33(39-48-25(5)44)28-11-15-34-31(19-28)32-20-29(37(46)36-8-7-17-50-36)12-16-35(32)40(34)30-13-9-27(10-14-30)22(2)38-47-24(4)43/h7-17,19-21H,18H2,1-6H3. The quantitative estimate of drug-likeness (QED) is 0.0677. The molecule has 0 saturated carbocycles. The van der Waals surface area contributed by atoms with Crippen LogP contribution in [0.15, 0.2) is 88.5 Å². The van der Waals surface area contributed by atoms with Crippen molar-refractivity contribution >= 4 is 74.2 Å². The summed E-state index contributed by atoms with van der Waals surface area (Å²) in [4.78, 5) is 76.1. The summed E-state index contributed by atoms with van der Waals surface area (Å²) in [6, 6.07) is 21.7. The molecule has 1 amide bonds. The molecule has 2 aromatic heterocycles. The Morgan fingerprint density at radius 2 is 1.32 bits per heavy atom. The maximum Gasteiger partial charge on any atom is 0.331 e. The third-order valence-corrected chi connectivity index (χ3v) is 8.54. The van der Waals surface area contributed by atoms with Crippen LogP contribution in [0.1, 0.15) is 74.3 Å². The average Bonchev–Trinajstić information content (AvgIpc) is 3.74. The van der Waals surface area contributed by atoms with Crippen molar-refractivity contribution in [3.05, 3.63) is 99.7 Å². The monoisotopic (exact) mass is 694 g/mol. The molecule has 0 bridgehead atoms.